The summed E-state index contributed by atoms with van der Waals surface area (Å²) >= 11 is 0. The van der Waals surface area contributed by atoms with Gasteiger partial charge in [0.15, 0.2) is 5.82 Å². The van der Waals surface area contributed by atoms with Crippen molar-refractivity contribution in [3.63, 3.8) is 0 Å². The molecule has 0 amide bonds. The van der Waals surface area contributed by atoms with E-state index in [1.54, 1.807) is 44.6 Å². The maximum Gasteiger partial charge on any atom is 0.243 e. The zero-order valence-corrected chi connectivity index (χ0v) is 21.0. The van der Waals surface area contributed by atoms with Gasteiger partial charge in [-0.05, 0) is 49.7 Å². The molecule has 1 heterocycles. The fourth-order valence-electron chi connectivity index (χ4n) is 3.83. The molecule has 0 saturated carbocycles. The molecule has 0 fully saturated rings. The molecule has 0 saturated heterocycles. The molecule has 10 heteroatoms. The summed E-state index contributed by atoms with van der Waals surface area (Å²) in [6, 6.07) is 11.4. The molecule has 0 bridgehead atoms. The quantitative estimate of drug-likeness (QED) is 0.364. The van der Waals surface area contributed by atoms with Gasteiger partial charge in [-0.25, -0.2) is 12.8 Å². The Morgan fingerprint density at radius 1 is 0.971 bits per heavy atom. The normalized spacial score (nSPS) is 12.1. The van der Waals surface area contributed by atoms with Crippen LogP contribution in [0.4, 0.5) is 10.2 Å². The van der Waals surface area contributed by atoms with E-state index in [2.05, 4.69) is 4.90 Å². The van der Waals surface area contributed by atoms with E-state index in [9.17, 15) is 12.8 Å². The molecule has 8 nitrogen and oxygen atoms in total. The highest BCUT2D eigenvalue weighted by molar-refractivity contribution is 7.89. The summed E-state index contributed by atoms with van der Waals surface area (Å²) in [5.41, 5.74) is 1.71. The van der Waals surface area contributed by atoms with E-state index in [1.165, 1.54) is 16.4 Å². The number of anilines is 1. The number of ether oxygens (including phenoxy) is 2. The van der Waals surface area contributed by atoms with Crippen LogP contribution in [0.1, 0.15) is 19.4 Å². The van der Waals surface area contributed by atoms with Crippen LogP contribution < -0.4 is 4.90 Å². The highest BCUT2D eigenvalue weighted by atomic mass is 32.2. The first-order valence-corrected chi connectivity index (χ1v) is 12.8. The second-order valence-electron chi connectivity index (χ2n) is 7.85. The van der Waals surface area contributed by atoms with Crippen LogP contribution >= 0.6 is 0 Å². The Hall–Kier alpha value is -2.53. The number of sulfonamides is 1. The van der Waals surface area contributed by atoms with Gasteiger partial charge >= 0.3 is 0 Å². The fourth-order valence-corrected chi connectivity index (χ4v) is 5.26. The van der Waals surface area contributed by atoms with Crippen molar-refractivity contribution in [2.45, 2.75) is 25.3 Å². The van der Waals surface area contributed by atoms with Gasteiger partial charge in [-0.3, -0.25) is 4.68 Å². The third-order valence-corrected chi connectivity index (χ3v) is 7.63. The Balaban J connectivity index is 2.08. The maximum atomic E-state index is 13.5. The molecule has 0 radical (unpaired) electrons. The van der Waals surface area contributed by atoms with Crippen LogP contribution in [0.25, 0.3) is 10.9 Å². The SMILES string of the molecule is CCN(CC)c1nn(Cc2ccc(F)cc2)c2ccc(S(=O)(=O)N(CCOC)CCOC)cc12. The van der Waals surface area contributed by atoms with Gasteiger partial charge in [0, 0.05) is 45.8 Å². The van der Waals surface area contributed by atoms with Gasteiger partial charge < -0.3 is 14.4 Å². The van der Waals surface area contributed by atoms with Crippen LogP contribution in [0.2, 0.25) is 0 Å². The minimum absolute atomic E-state index is 0.196. The zero-order valence-electron chi connectivity index (χ0n) is 20.2. The number of benzene rings is 2. The van der Waals surface area contributed by atoms with Crippen LogP contribution in [0.3, 0.4) is 0 Å². The average molecular weight is 493 g/mol. The lowest BCUT2D eigenvalue weighted by atomic mass is 10.2. The minimum atomic E-state index is -3.77. The fraction of sp³-hybridized carbons (Fsp3) is 0.458. The summed E-state index contributed by atoms with van der Waals surface area (Å²) in [5.74, 6) is 0.429. The molecular weight excluding hydrogens is 459 g/mol. The summed E-state index contributed by atoms with van der Waals surface area (Å²) < 4.78 is 53.7. The number of hydrogen-bond acceptors (Lipinski definition) is 6. The third-order valence-electron chi connectivity index (χ3n) is 5.74. The number of methoxy groups -OCH3 is 2. The van der Waals surface area contributed by atoms with E-state index in [0.29, 0.717) is 6.54 Å². The zero-order chi connectivity index (χ0) is 24.7. The van der Waals surface area contributed by atoms with E-state index >= 15 is 0 Å². The maximum absolute atomic E-state index is 13.5. The second kappa shape index (κ2) is 11.7. The van der Waals surface area contributed by atoms with Gasteiger partial charge in [-0.2, -0.15) is 9.40 Å². The molecule has 1 aromatic heterocycles. The third kappa shape index (κ3) is 5.75. The van der Waals surface area contributed by atoms with Crippen LogP contribution in [0.5, 0.6) is 0 Å². The van der Waals surface area contributed by atoms with E-state index in [0.717, 1.165) is 35.4 Å². The summed E-state index contributed by atoms with van der Waals surface area (Å²) in [6.45, 7) is 6.99. The van der Waals surface area contributed by atoms with Gasteiger partial charge in [0.25, 0.3) is 0 Å². The number of fused-ring (bicyclic) bond motifs is 1. The largest absolute Gasteiger partial charge is 0.383 e. The van der Waals surface area contributed by atoms with Crippen molar-refractivity contribution < 1.29 is 22.3 Å². The Bertz CT molecular complexity index is 1170. The van der Waals surface area contributed by atoms with Gasteiger partial charge in [-0.15, -0.1) is 0 Å². The number of rotatable bonds is 13. The number of hydrogen-bond donors (Lipinski definition) is 0. The van der Waals surface area contributed by atoms with Crippen molar-refractivity contribution in [2.75, 3.05) is 58.5 Å². The highest BCUT2D eigenvalue weighted by Gasteiger charge is 2.26. The number of nitrogens with zero attached hydrogens (tertiary/aromatic N) is 4. The van der Waals surface area contributed by atoms with Gasteiger partial charge in [-0.1, -0.05) is 12.1 Å². The molecule has 0 atom stereocenters. The van der Waals surface area contributed by atoms with E-state index in [-0.39, 0.29) is 37.0 Å². The molecule has 0 N–H and O–H groups in total. The summed E-state index contributed by atoms with van der Waals surface area (Å²) in [6.07, 6.45) is 0. The lowest BCUT2D eigenvalue weighted by Gasteiger charge is -2.22. The monoisotopic (exact) mass is 492 g/mol. The topological polar surface area (TPSA) is 76.9 Å². The van der Waals surface area contributed by atoms with Gasteiger partial charge in [0.1, 0.15) is 5.82 Å². The van der Waals surface area contributed by atoms with Crippen molar-refractivity contribution >= 4 is 26.7 Å². The summed E-state index contributed by atoms with van der Waals surface area (Å²) in [4.78, 5) is 2.29. The molecule has 0 aliphatic heterocycles. The first-order valence-electron chi connectivity index (χ1n) is 11.3. The molecule has 0 unspecified atom stereocenters. The Labute approximate surface area is 200 Å². The molecule has 186 valence electrons. The molecule has 2 aromatic carbocycles. The molecule has 34 heavy (non-hydrogen) atoms. The first kappa shape index (κ1) is 26.1. The molecule has 0 aliphatic carbocycles. The van der Waals surface area contributed by atoms with Crippen LogP contribution in [-0.4, -0.2) is 76.1 Å². The van der Waals surface area contributed by atoms with Crippen molar-refractivity contribution in [3.05, 3.63) is 53.8 Å². The van der Waals surface area contributed by atoms with E-state index in [1.807, 2.05) is 18.5 Å². The Kier molecular flexibility index (Phi) is 9.01. The first-order chi connectivity index (χ1) is 16.3. The second-order valence-corrected chi connectivity index (χ2v) is 9.79. The minimum Gasteiger partial charge on any atom is -0.383 e. The predicted octanol–water partition coefficient (Wildman–Crippen LogP) is 3.35. The Morgan fingerprint density at radius 3 is 2.15 bits per heavy atom. The van der Waals surface area contributed by atoms with Crippen molar-refractivity contribution in [1.82, 2.24) is 14.1 Å². The highest BCUT2D eigenvalue weighted by Crippen LogP contribution is 2.30. The lowest BCUT2D eigenvalue weighted by molar-refractivity contribution is 0.150. The molecule has 0 aliphatic rings. The van der Waals surface area contributed by atoms with Crippen molar-refractivity contribution in [2.24, 2.45) is 0 Å². The molecule has 3 aromatic rings. The smallest absolute Gasteiger partial charge is 0.243 e. The standard InChI is InChI=1S/C24H33FN4O4S/c1-5-27(6-2)24-22-17-21(34(30,31)28(13-15-32-3)14-16-33-4)11-12-23(22)29(26-24)18-19-7-9-20(25)10-8-19/h7-12,17H,5-6,13-16,18H2,1-4H3. The van der Waals surface area contributed by atoms with Gasteiger partial charge in [0.2, 0.25) is 10.0 Å². The van der Waals surface area contributed by atoms with Crippen molar-refractivity contribution in [1.29, 1.82) is 0 Å². The predicted molar refractivity (Wildman–Crippen MR) is 131 cm³/mol. The molecule has 0 spiro atoms. The van der Waals surface area contributed by atoms with Crippen LogP contribution in [0, 0.1) is 5.82 Å². The Morgan fingerprint density at radius 2 is 1.59 bits per heavy atom. The number of halogens is 1. The molecule has 3 rings (SSSR count). The average Bonchev–Trinajstić information content (AvgIpc) is 3.18. The summed E-state index contributed by atoms with van der Waals surface area (Å²) in [7, 11) is -0.690. The lowest BCUT2D eigenvalue weighted by Crippen LogP contribution is -2.36. The van der Waals surface area contributed by atoms with E-state index in [4.69, 9.17) is 14.6 Å². The molecular formula is C24H33FN4O4S. The van der Waals surface area contributed by atoms with Crippen LogP contribution in [-0.2, 0) is 26.0 Å². The number of aromatic nitrogens is 2. The summed E-state index contributed by atoms with van der Waals surface area (Å²) in [5, 5.41) is 5.57. The van der Waals surface area contributed by atoms with E-state index < -0.39 is 10.0 Å². The van der Waals surface area contributed by atoms with Crippen LogP contribution in [0.15, 0.2) is 47.4 Å². The van der Waals surface area contributed by atoms with Crippen molar-refractivity contribution in [3.8, 4) is 0 Å². The van der Waals surface area contributed by atoms with Gasteiger partial charge in [0.05, 0.1) is 30.2 Å².